The molecule has 0 radical (unpaired) electrons. The van der Waals surface area contributed by atoms with Crippen LogP contribution in [-0.2, 0) is 19.1 Å². The molecule has 7 nitrogen and oxygen atoms in total. The number of carbonyl (C=O) groups excluding carboxylic acids is 3. The van der Waals surface area contributed by atoms with E-state index in [0.717, 1.165) is 0 Å². The Balaban J connectivity index is 0.000000639. The molecular formula is C18H28ClF6N3O4. The molecule has 0 aliphatic heterocycles. The Morgan fingerprint density at radius 3 is 1.47 bits per heavy atom. The summed E-state index contributed by atoms with van der Waals surface area (Å²) in [6.07, 6.45) is -9.59. The largest absolute Gasteiger partial charge is 0.460 e. The quantitative estimate of drug-likeness (QED) is 0.384. The van der Waals surface area contributed by atoms with E-state index in [2.05, 4.69) is 0 Å². The van der Waals surface area contributed by atoms with Crippen LogP contribution in [0.25, 0.3) is 0 Å². The van der Waals surface area contributed by atoms with Crippen molar-refractivity contribution in [2.24, 2.45) is 5.73 Å². The fourth-order valence-corrected chi connectivity index (χ4v) is 2.46. The van der Waals surface area contributed by atoms with E-state index in [0.29, 0.717) is 0 Å². The molecule has 0 aromatic carbocycles. The van der Waals surface area contributed by atoms with E-state index < -0.39 is 53.4 Å². The van der Waals surface area contributed by atoms with Gasteiger partial charge in [-0.2, -0.15) is 26.3 Å². The second kappa shape index (κ2) is 10.4. The maximum Gasteiger partial charge on any atom is 0.411 e. The molecule has 188 valence electrons. The maximum atomic E-state index is 12.6. The van der Waals surface area contributed by atoms with Crippen molar-refractivity contribution in [2.45, 2.75) is 88.3 Å². The molecule has 0 aromatic heterocycles. The lowest BCUT2D eigenvalue weighted by Gasteiger charge is -2.21. The zero-order valence-electron chi connectivity index (χ0n) is 17.8. The fourth-order valence-electron chi connectivity index (χ4n) is 2.46. The third-order valence-electron chi connectivity index (χ3n) is 4.50. The predicted molar refractivity (Wildman–Crippen MR) is 104 cm³/mol. The van der Waals surface area contributed by atoms with Crippen LogP contribution in [0.5, 0.6) is 0 Å². The summed E-state index contributed by atoms with van der Waals surface area (Å²) in [6, 6.07) is 0. The Kier molecular flexibility index (Phi) is 9.87. The van der Waals surface area contributed by atoms with Crippen molar-refractivity contribution in [1.29, 1.82) is 0 Å². The number of nitrogens with one attached hydrogen (secondary N) is 2. The number of hydrogen-bond donors (Lipinski definition) is 3. The highest BCUT2D eigenvalue weighted by atomic mass is 35.5. The Hall–Kier alpha value is -1.76. The van der Waals surface area contributed by atoms with Gasteiger partial charge in [-0.15, -0.1) is 12.4 Å². The number of hydrogen-bond acceptors (Lipinski definition) is 5. The maximum absolute atomic E-state index is 12.6. The van der Waals surface area contributed by atoms with Crippen LogP contribution in [0.3, 0.4) is 0 Å². The molecule has 0 saturated heterocycles. The molecular weight excluding hydrogens is 472 g/mol. The van der Waals surface area contributed by atoms with Gasteiger partial charge in [0.1, 0.15) is 16.7 Å². The van der Waals surface area contributed by atoms with Crippen LogP contribution in [0, 0.1) is 0 Å². The van der Waals surface area contributed by atoms with Gasteiger partial charge in [-0.05, 0) is 46.5 Å². The van der Waals surface area contributed by atoms with Crippen LogP contribution in [0.2, 0.25) is 0 Å². The van der Waals surface area contributed by atoms with Crippen LogP contribution < -0.4 is 16.4 Å². The highest BCUT2D eigenvalue weighted by Gasteiger charge is 2.65. The van der Waals surface area contributed by atoms with Crippen LogP contribution >= 0.6 is 12.4 Å². The van der Waals surface area contributed by atoms with Crippen LogP contribution in [0.15, 0.2) is 0 Å². The standard InChI is InChI=1S/C12H18F3NO3.C6H9F3N2O.ClH/c1-10(2,3)19-9(18)5-4-8(17)16-11(6-7-11)12(13,14)15;7-6(8,9)5(1-2-5)11-4(12)3-10;/h4-7H2,1-3H3,(H,16,17);1-3,10H2,(H,11,12);1H. The van der Waals surface area contributed by atoms with Gasteiger partial charge in [0, 0.05) is 6.42 Å². The van der Waals surface area contributed by atoms with Gasteiger partial charge in [-0.3, -0.25) is 14.4 Å². The molecule has 0 bridgehead atoms. The summed E-state index contributed by atoms with van der Waals surface area (Å²) in [6.45, 7) is 4.62. The smallest absolute Gasteiger partial charge is 0.411 e. The Bertz CT molecular complexity index is 684. The molecule has 0 atom stereocenters. The van der Waals surface area contributed by atoms with Gasteiger partial charge >= 0.3 is 18.3 Å². The van der Waals surface area contributed by atoms with Crippen molar-refractivity contribution in [1.82, 2.24) is 10.6 Å². The third-order valence-corrected chi connectivity index (χ3v) is 4.50. The summed E-state index contributed by atoms with van der Waals surface area (Å²) in [7, 11) is 0. The first-order chi connectivity index (χ1) is 13.9. The van der Waals surface area contributed by atoms with Gasteiger partial charge in [0.25, 0.3) is 0 Å². The zero-order valence-corrected chi connectivity index (χ0v) is 18.7. The van der Waals surface area contributed by atoms with E-state index in [1.165, 1.54) is 0 Å². The van der Waals surface area contributed by atoms with E-state index in [-0.39, 0.29) is 50.9 Å². The monoisotopic (exact) mass is 499 g/mol. The van der Waals surface area contributed by atoms with Crippen LogP contribution in [0.1, 0.15) is 59.3 Å². The van der Waals surface area contributed by atoms with E-state index in [9.17, 15) is 40.7 Å². The normalized spacial score (nSPS) is 18.2. The van der Waals surface area contributed by atoms with E-state index in [1.54, 1.807) is 20.8 Å². The molecule has 0 spiro atoms. The summed E-state index contributed by atoms with van der Waals surface area (Å²) in [5.74, 6) is -2.13. The van der Waals surface area contributed by atoms with E-state index in [4.69, 9.17) is 10.5 Å². The summed E-state index contributed by atoms with van der Waals surface area (Å²) >= 11 is 0. The number of nitrogens with two attached hydrogens (primary N) is 1. The number of rotatable bonds is 6. The first-order valence-electron chi connectivity index (χ1n) is 9.54. The Morgan fingerprint density at radius 1 is 0.812 bits per heavy atom. The van der Waals surface area contributed by atoms with Crippen molar-refractivity contribution in [3.8, 4) is 0 Å². The first-order valence-corrected chi connectivity index (χ1v) is 9.54. The molecule has 32 heavy (non-hydrogen) atoms. The minimum absolute atomic E-state index is 0. The van der Waals surface area contributed by atoms with Crippen molar-refractivity contribution in [3.63, 3.8) is 0 Å². The molecule has 0 heterocycles. The number of halogens is 7. The van der Waals surface area contributed by atoms with E-state index in [1.807, 2.05) is 10.6 Å². The minimum Gasteiger partial charge on any atom is -0.460 e. The summed E-state index contributed by atoms with van der Waals surface area (Å²) in [4.78, 5) is 33.3. The second-order valence-electron chi connectivity index (χ2n) is 8.55. The van der Waals surface area contributed by atoms with Gasteiger partial charge in [-0.25, -0.2) is 0 Å². The van der Waals surface area contributed by atoms with Crippen molar-refractivity contribution in [3.05, 3.63) is 0 Å². The number of ether oxygens (including phenoxy) is 1. The van der Waals surface area contributed by atoms with Crippen molar-refractivity contribution < 1.29 is 45.5 Å². The third kappa shape index (κ3) is 9.00. The fraction of sp³-hybridized carbons (Fsp3) is 0.833. The van der Waals surface area contributed by atoms with Crippen LogP contribution in [0.4, 0.5) is 26.3 Å². The molecule has 2 aliphatic carbocycles. The average Bonchev–Trinajstić information content (AvgIpc) is 3.46. The van der Waals surface area contributed by atoms with Gasteiger partial charge in [0.15, 0.2) is 0 Å². The average molecular weight is 500 g/mol. The molecule has 2 rings (SSSR count). The van der Waals surface area contributed by atoms with Gasteiger partial charge in [0.2, 0.25) is 11.8 Å². The second-order valence-corrected chi connectivity index (χ2v) is 8.55. The summed E-state index contributed by atoms with van der Waals surface area (Å²) in [5, 5.41) is 3.82. The SMILES string of the molecule is CC(C)(C)OC(=O)CCC(=O)NC1(C(F)(F)F)CC1.Cl.NCC(=O)NC1(C(F)(F)F)CC1. The molecule has 2 aliphatic rings. The molecule has 0 aromatic rings. The summed E-state index contributed by atoms with van der Waals surface area (Å²) < 4.78 is 79.1. The van der Waals surface area contributed by atoms with Crippen molar-refractivity contribution >= 4 is 30.2 Å². The van der Waals surface area contributed by atoms with Crippen LogP contribution in [-0.4, -0.2) is 53.4 Å². The predicted octanol–water partition coefficient (Wildman–Crippen LogP) is 2.90. The Morgan fingerprint density at radius 2 is 1.19 bits per heavy atom. The van der Waals surface area contributed by atoms with E-state index >= 15 is 0 Å². The molecule has 14 heteroatoms. The molecule has 4 N–H and O–H groups in total. The van der Waals surface area contributed by atoms with Gasteiger partial charge in [0.05, 0.1) is 13.0 Å². The number of alkyl halides is 6. The highest BCUT2D eigenvalue weighted by Crippen LogP contribution is 2.49. The Labute approximate surface area is 187 Å². The lowest BCUT2D eigenvalue weighted by atomic mass is 10.2. The highest BCUT2D eigenvalue weighted by molar-refractivity contribution is 5.85. The topological polar surface area (TPSA) is 111 Å². The van der Waals surface area contributed by atoms with Crippen molar-refractivity contribution in [2.75, 3.05) is 6.54 Å². The molecule has 2 saturated carbocycles. The molecule has 2 fully saturated rings. The lowest BCUT2D eigenvalue weighted by molar-refractivity contribution is -0.170. The number of carbonyl (C=O) groups is 3. The zero-order chi connectivity index (χ0) is 24.3. The van der Waals surface area contributed by atoms with Gasteiger partial charge in [-0.1, -0.05) is 0 Å². The summed E-state index contributed by atoms with van der Waals surface area (Å²) in [5.41, 5.74) is 0.161. The minimum atomic E-state index is -4.44. The first kappa shape index (κ1) is 30.2. The lowest BCUT2D eigenvalue weighted by Crippen LogP contribution is -2.49. The molecule has 2 amide bonds. The number of amides is 2. The molecule has 0 unspecified atom stereocenters. The van der Waals surface area contributed by atoms with Gasteiger partial charge < -0.3 is 21.1 Å². The number of esters is 1.